The molecule has 1 aromatic carbocycles. The molecule has 0 atom stereocenters. The van der Waals surface area contributed by atoms with Gasteiger partial charge in [-0.3, -0.25) is 9.78 Å². The molecule has 0 N–H and O–H groups in total. The molecule has 1 aliphatic heterocycles. The predicted octanol–water partition coefficient (Wildman–Crippen LogP) is 5.27. The van der Waals surface area contributed by atoms with Gasteiger partial charge >= 0.3 is 0 Å². The molecule has 1 aromatic heterocycles. The Labute approximate surface area is 170 Å². The highest BCUT2D eigenvalue weighted by atomic mass is 127. The van der Waals surface area contributed by atoms with Crippen LogP contribution in [0.5, 0.6) is 0 Å². The van der Waals surface area contributed by atoms with Crippen molar-refractivity contribution in [2.45, 2.75) is 6.92 Å². The van der Waals surface area contributed by atoms with E-state index in [-0.39, 0.29) is 29.8 Å². The Morgan fingerprint density at radius 3 is 2.69 bits per heavy atom. The number of para-hydroxylation sites is 1. The number of carbonyl (C=O) groups is 1. The van der Waals surface area contributed by atoms with Gasteiger partial charge in [0.25, 0.3) is 0 Å². The molecule has 0 amide bonds. The van der Waals surface area contributed by atoms with Gasteiger partial charge in [0.2, 0.25) is 5.78 Å². The van der Waals surface area contributed by atoms with E-state index in [1.807, 2.05) is 56.5 Å². The number of Topliss-reactive ketones (excluding diaryl/α,β-unsaturated/α-hetero) is 1. The molecule has 0 unspecified atom stereocenters. The van der Waals surface area contributed by atoms with Crippen molar-refractivity contribution in [3.8, 4) is 0 Å². The summed E-state index contributed by atoms with van der Waals surface area (Å²) in [6.07, 6.45) is 11.6. The second-order valence-corrected chi connectivity index (χ2v) is 6.22. The number of hydrogen-bond donors (Lipinski definition) is 0. The Hall–Kier alpha value is -2.47. The van der Waals surface area contributed by atoms with Gasteiger partial charge < -0.3 is 4.90 Å². The van der Waals surface area contributed by atoms with Gasteiger partial charge in [0, 0.05) is 35.8 Å². The van der Waals surface area contributed by atoms with Crippen molar-refractivity contribution in [3.05, 3.63) is 95.0 Å². The van der Waals surface area contributed by atoms with Gasteiger partial charge in [-0.25, -0.2) is 0 Å². The van der Waals surface area contributed by atoms with Crippen LogP contribution in [0.2, 0.25) is 0 Å². The molecule has 0 spiro atoms. The number of aromatic nitrogens is 1. The third-order valence-corrected chi connectivity index (χ3v) is 4.63. The van der Waals surface area contributed by atoms with Crippen molar-refractivity contribution in [1.29, 1.82) is 0 Å². The summed E-state index contributed by atoms with van der Waals surface area (Å²) in [6, 6.07) is 12.1. The van der Waals surface area contributed by atoms with E-state index in [0.717, 1.165) is 22.5 Å². The van der Waals surface area contributed by atoms with E-state index in [1.165, 1.54) is 5.56 Å². The first-order valence-electron chi connectivity index (χ1n) is 8.26. The fraction of sp³-hybridized carbons (Fsp3) is 0.0909. The molecule has 0 saturated carbocycles. The number of ketones is 1. The lowest BCUT2D eigenvalue weighted by atomic mass is 9.91. The Bertz CT molecular complexity index is 999. The largest absolute Gasteiger partial charge is 0.344 e. The van der Waals surface area contributed by atoms with Gasteiger partial charge in [-0.15, -0.1) is 24.0 Å². The van der Waals surface area contributed by atoms with Crippen molar-refractivity contribution < 1.29 is 4.79 Å². The van der Waals surface area contributed by atoms with Crippen molar-refractivity contribution in [2.75, 3.05) is 11.9 Å². The fourth-order valence-electron chi connectivity index (χ4n) is 3.24. The second-order valence-electron chi connectivity index (χ2n) is 6.22. The third kappa shape index (κ3) is 3.17. The summed E-state index contributed by atoms with van der Waals surface area (Å²) in [5, 5.41) is 0. The number of benzene rings is 1. The predicted molar refractivity (Wildman–Crippen MR) is 118 cm³/mol. The number of allylic oxidation sites excluding steroid dienone is 6. The van der Waals surface area contributed by atoms with Crippen LogP contribution in [-0.4, -0.2) is 17.8 Å². The quantitative estimate of drug-likeness (QED) is 0.435. The molecule has 0 bridgehead atoms. The fourth-order valence-corrected chi connectivity index (χ4v) is 3.24. The number of hydrogen-bond acceptors (Lipinski definition) is 3. The number of nitrogens with zero attached hydrogens (tertiary/aromatic N) is 2. The maximum Gasteiger partial charge on any atom is 0.211 e. The van der Waals surface area contributed by atoms with Crippen LogP contribution in [0.3, 0.4) is 0 Å². The zero-order chi connectivity index (χ0) is 17.4. The SMILES string of the molecule is CC1=C/C(=C\C=C2/C=Cc3ccccc3N2C)C(=O)c2ncccc21.I. The molecule has 2 heterocycles. The van der Waals surface area contributed by atoms with Gasteiger partial charge in [0.1, 0.15) is 5.69 Å². The number of anilines is 1. The maximum absolute atomic E-state index is 12.7. The number of fused-ring (bicyclic) bond motifs is 2. The number of carbonyl (C=O) groups excluding carboxylic acids is 1. The summed E-state index contributed by atoms with van der Waals surface area (Å²) in [7, 11) is 2.04. The summed E-state index contributed by atoms with van der Waals surface area (Å²) in [6.45, 7) is 2.01. The van der Waals surface area contributed by atoms with Gasteiger partial charge in [0.05, 0.1) is 0 Å². The van der Waals surface area contributed by atoms with Crippen molar-refractivity contribution in [3.63, 3.8) is 0 Å². The average Bonchev–Trinajstić information content (AvgIpc) is 2.65. The van der Waals surface area contributed by atoms with E-state index in [0.29, 0.717) is 11.3 Å². The first-order chi connectivity index (χ1) is 12.1. The minimum absolute atomic E-state index is 0. The summed E-state index contributed by atoms with van der Waals surface area (Å²) >= 11 is 0. The van der Waals surface area contributed by atoms with Crippen molar-refractivity contribution >= 4 is 47.1 Å². The van der Waals surface area contributed by atoms with Crippen LogP contribution in [0.25, 0.3) is 11.6 Å². The van der Waals surface area contributed by atoms with Crippen molar-refractivity contribution in [1.82, 2.24) is 4.98 Å². The Kier molecular flexibility index (Phi) is 5.23. The van der Waals surface area contributed by atoms with Crippen LogP contribution in [0, 0.1) is 0 Å². The van der Waals surface area contributed by atoms with Crippen LogP contribution in [-0.2, 0) is 0 Å². The zero-order valence-electron chi connectivity index (χ0n) is 14.6. The summed E-state index contributed by atoms with van der Waals surface area (Å²) in [5.74, 6) is -0.0270. The molecule has 130 valence electrons. The Morgan fingerprint density at radius 2 is 1.85 bits per heavy atom. The Morgan fingerprint density at radius 1 is 1.04 bits per heavy atom. The first kappa shape index (κ1) is 18.3. The number of likely N-dealkylation sites (N-methyl/N-ethyl adjacent to an activating group) is 1. The average molecular weight is 454 g/mol. The van der Waals surface area contributed by atoms with E-state index in [9.17, 15) is 4.79 Å². The third-order valence-electron chi connectivity index (χ3n) is 4.63. The lowest BCUT2D eigenvalue weighted by molar-refractivity contribution is 0.103. The van der Waals surface area contributed by atoms with Gasteiger partial charge in [0.15, 0.2) is 0 Å². The van der Waals surface area contributed by atoms with E-state index < -0.39 is 0 Å². The topological polar surface area (TPSA) is 33.2 Å². The van der Waals surface area contributed by atoms with E-state index >= 15 is 0 Å². The number of rotatable bonds is 1. The summed E-state index contributed by atoms with van der Waals surface area (Å²) in [4.78, 5) is 19.1. The molecule has 4 rings (SSSR count). The molecule has 1 aliphatic carbocycles. The molecule has 2 aromatic rings. The number of halogens is 1. The van der Waals surface area contributed by atoms with Crippen LogP contribution in [0.4, 0.5) is 5.69 Å². The Balaban J connectivity index is 0.00000196. The molecule has 4 heteroatoms. The molecular formula is C22H19IN2O. The van der Waals surface area contributed by atoms with Gasteiger partial charge in [-0.2, -0.15) is 0 Å². The molecule has 0 saturated heterocycles. The van der Waals surface area contributed by atoms with Crippen LogP contribution < -0.4 is 4.90 Å². The number of pyridine rings is 1. The normalized spacial score (nSPS) is 18.3. The molecule has 2 aliphatic rings. The lowest BCUT2D eigenvalue weighted by Crippen LogP contribution is -2.18. The molecule has 3 nitrogen and oxygen atoms in total. The van der Waals surface area contributed by atoms with Crippen molar-refractivity contribution in [2.24, 2.45) is 0 Å². The summed E-state index contributed by atoms with van der Waals surface area (Å²) in [5.41, 5.74) is 6.56. The lowest BCUT2D eigenvalue weighted by Gasteiger charge is -2.26. The highest BCUT2D eigenvalue weighted by molar-refractivity contribution is 14.0. The highest BCUT2D eigenvalue weighted by Crippen LogP contribution is 2.30. The van der Waals surface area contributed by atoms with Gasteiger partial charge in [-0.05, 0) is 54.5 Å². The molecular weight excluding hydrogens is 435 g/mol. The minimum atomic E-state index is -0.0270. The minimum Gasteiger partial charge on any atom is -0.344 e. The first-order valence-corrected chi connectivity index (χ1v) is 8.26. The van der Waals surface area contributed by atoms with E-state index in [1.54, 1.807) is 6.20 Å². The monoisotopic (exact) mass is 454 g/mol. The van der Waals surface area contributed by atoms with Gasteiger partial charge in [-0.1, -0.05) is 30.3 Å². The maximum atomic E-state index is 12.7. The van der Waals surface area contributed by atoms with Crippen LogP contribution in [0.15, 0.2) is 78.2 Å². The summed E-state index contributed by atoms with van der Waals surface area (Å²) < 4.78 is 0. The second kappa shape index (κ2) is 7.41. The molecule has 26 heavy (non-hydrogen) atoms. The van der Waals surface area contributed by atoms with E-state index in [4.69, 9.17) is 0 Å². The smallest absolute Gasteiger partial charge is 0.211 e. The zero-order valence-corrected chi connectivity index (χ0v) is 17.0. The molecule has 0 radical (unpaired) electrons. The van der Waals surface area contributed by atoms with E-state index in [2.05, 4.69) is 34.2 Å². The molecule has 0 fully saturated rings. The van der Waals surface area contributed by atoms with Crippen LogP contribution in [0.1, 0.15) is 28.5 Å². The highest BCUT2D eigenvalue weighted by Gasteiger charge is 2.21. The van der Waals surface area contributed by atoms with Crippen LogP contribution >= 0.6 is 24.0 Å². The standard InChI is InChI=1S/C22H18N2O.HI/c1-15-14-17(22(25)21-19(15)7-5-13-23-21)10-12-18-11-9-16-6-3-4-8-20(16)24(18)2;/h3-14H,1-2H3;1H/b17-10+,18-12+;.